The van der Waals surface area contributed by atoms with Crippen LogP contribution in [0, 0.1) is 0 Å². The van der Waals surface area contributed by atoms with Crippen molar-refractivity contribution in [1.29, 1.82) is 0 Å². The van der Waals surface area contributed by atoms with E-state index < -0.39 is 0 Å². The summed E-state index contributed by atoms with van der Waals surface area (Å²) in [5.74, 6) is 0.938. The monoisotopic (exact) mass is 245 g/mol. The maximum atomic E-state index is 11.6. The molecule has 1 aromatic carbocycles. The van der Waals surface area contributed by atoms with Crippen molar-refractivity contribution in [2.75, 3.05) is 13.1 Å². The molecule has 1 aliphatic rings. The summed E-state index contributed by atoms with van der Waals surface area (Å²) >= 11 is 0. The molecule has 0 bridgehead atoms. The number of likely N-dealkylation sites (tertiary alicyclic amines) is 1. The highest BCUT2D eigenvalue weighted by Crippen LogP contribution is 2.28. The fourth-order valence-corrected chi connectivity index (χ4v) is 2.75. The van der Waals surface area contributed by atoms with Crippen molar-refractivity contribution in [2.24, 2.45) is 0 Å². The first-order valence-electron chi connectivity index (χ1n) is 7.11. The number of benzene rings is 1. The predicted molar refractivity (Wildman–Crippen MR) is 74.7 cm³/mol. The van der Waals surface area contributed by atoms with Crippen LogP contribution in [0.25, 0.3) is 0 Å². The van der Waals surface area contributed by atoms with E-state index in [1.807, 2.05) is 11.8 Å². The Balaban J connectivity index is 1.98. The lowest BCUT2D eigenvalue weighted by atomic mass is 9.88. The standard InChI is InChI=1S/C16H23NO/c1-3-13-6-5-7-15(12-13)14-8-10-17(11-9-14)16(18)4-2/h5-7,12,14H,3-4,8-11H2,1-2H3. The second-order valence-electron chi connectivity index (χ2n) is 5.11. The Bertz CT molecular complexity index is 405. The molecule has 0 atom stereocenters. The van der Waals surface area contributed by atoms with Crippen molar-refractivity contribution >= 4 is 5.91 Å². The molecule has 18 heavy (non-hydrogen) atoms. The number of rotatable bonds is 3. The van der Waals surface area contributed by atoms with Gasteiger partial charge in [0.1, 0.15) is 0 Å². The quantitative estimate of drug-likeness (QED) is 0.799. The van der Waals surface area contributed by atoms with Gasteiger partial charge in [0.2, 0.25) is 5.91 Å². The Kier molecular flexibility index (Phi) is 4.40. The van der Waals surface area contributed by atoms with Gasteiger partial charge in [0, 0.05) is 19.5 Å². The fraction of sp³-hybridized carbons (Fsp3) is 0.562. The molecule has 1 amide bonds. The minimum absolute atomic E-state index is 0.302. The Morgan fingerprint density at radius 1 is 1.28 bits per heavy atom. The van der Waals surface area contributed by atoms with Gasteiger partial charge in [0.05, 0.1) is 0 Å². The van der Waals surface area contributed by atoms with Crippen LogP contribution in [0.2, 0.25) is 0 Å². The van der Waals surface area contributed by atoms with E-state index >= 15 is 0 Å². The molecular weight excluding hydrogens is 222 g/mol. The zero-order valence-electron chi connectivity index (χ0n) is 11.5. The number of hydrogen-bond acceptors (Lipinski definition) is 1. The molecule has 0 spiro atoms. The number of amides is 1. The first-order chi connectivity index (χ1) is 8.74. The van der Waals surface area contributed by atoms with Crippen LogP contribution in [0.4, 0.5) is 0 Å². The van der Waals surface area contributed by atoms with Gasteiger partial charge in [-0.2, -0.15) is 0 Å². The van der Waals surface area contributed by atoms with E-state index in [9.17, 15) is 4.79 Å². The van der Waals surface area contributed by atoms with Crippen molar-refractivity contribution < 1.29 is 4.79 Å². The molecule has 1 aromatic rings. The second kappa shape index (κ2) is 6.03. The smallest absolute Gasteiger partial charge is 0.222 e. The molecule has 0 aliphatic carbocycles. The van der Waals surface area contributed by atoms with Gasteiger partial charge in [-0.15, -0.1) is 0 Å². The molecule has 2 nitrogen and oxygen atoms in total. The Morgan fingerprint density at radius 3 is 2.61 bits per heavy atom. The third kappa shape index (κ3) is 2.92. The average molecular weight is 245 g/mol. The predicted octanol–water partition coefficient (Wildman–Crippen LogP) is 3.37. The van der Waals surface area contributed by atoms with E-state index in [0.717, 1.165) is 32.4 Å². The molecule has 2 rings (SSSR count). The minimum Gasteiger partial charge on any atom is -0.343 e. The molecule has 1 aliphatic heterocycles. The van der Waals surface area contributed by atoms with Gasteiger partial charge in [-0.05, 0) is 36.3 Å². The maximum Gasteiger partial charge on any atom is 0.222 e. The summed E-state index contributed by atoms with van der Waals surface area (Å²) < 4.78 is 0. The van der Waals surface area contributed by atoms with Gasteiger partial charge in [0.15, 0.2) is 0 Å². The van der Waals surface area contributed by atoms with Crippen LogP contribution in [0.15, 0.2) is 24.3 Å². The Morgan fingerprint density at radius 2 is 2.00 bits per heavy atom. The van der Waals surface area contributed by atoms with E-state index in [4.69, 9.17) is 0 Å². The SMILES string of the molecule is CCC(=O)N1CCC(c2cccc(CC)c2)CC1. The highest BCUT2D eigenvalue weighted by atomic mass is 16.2. The molecule has 0 N–H and O–H groups in total. The zero-order chi connectivity index (χ0) is 13.0. The van der Waals surface area contributed by atoms with Crippen LogP contribution in [-0.4, -0.2) is 23.9 Å². The van der Waals surface area contributed by atoms with Crippen molar-refractivity contribution in [3.05, 3.63) is 35.4 Å². The summed E-state index contributed by atoms with van der Waals surface area (Å²) in [6, 6.07) is 8.93. The maximum absolute atomic E-state index is 11.6. The summed E-state index contributed by atoms with van der Waals surface area (Å²) in [6.45, 7) is 5.99. The van der Waals surface area contributed by atoms with Crippen molar-refractivity contribution in [3.63, 3.8) is 0 Å². The summed E-state index contributed by atoms with van der Waals surface area (Å²) in [4.78, 5) is 13.7. The first kappa shape index (κ1) is 13.1. The van der Waals surface area contributed by atoms with Crippen molar-refractivity contribution in [2.45, 2.75) is 45.4 Å². The molecule has 1 heterocycles. The lowest BCUT2D eigenvalue weighted by Gasteiger charge is -2.32. The highest BCUT2D eigenvalue weighted by Gasteiger charge is 2.22. The van der Waals surface area contributed by atoms with Crippen molar-refractivity contribution in [1.82, 2.24) is 4.90 Å². The average Bonchev–Trinajstić information content (AvgIpc) is 2.46. The molecule has 1 saturated heterocycles. The molecule has 0 unspecified atom stereocenters. The minimum atomic E-state index is 0.302. The number of nitrogens with zero attached hydrogens (tertiary/aromatic N) is 1. The Hall–Kier alpha value is -1.31. The normalized spacial score (nSPS) is 16.9. The number of carbonyl (C=O) groups excluding carboxylic acids is 1. The van der Waals surface area contributed by atoms with E-state index in [-0.39, 0.29) is 0 Å². The summed E-state index contributed by atoms with van der Waals surface area (Å²) in [5.41, 5.74) is 2.87. The summed E-state index contributed by atoms with van der Waals surface area (Å²) in [5, 5.41) is 0. The number of carbonyl (C=O) groups is 1. The van der Waals surface area contributed by atoms with E-state index in [2.05, 4.69) is 31.2 Å². The van der Waals surface area contributed by atoms with E-state index in [0.29, 0.717) is 18.2 Å². The van der Waals surface area contributed by atoms with Crippen LogP contribution in [0.5, 0.6) is 0 Å². The third-order valence-electron chi connectivity index (χ3n) is 3.98. The largest absolute Gasteiger partial charge is 0.343 e. The molecule has 0 radical (unpaired) electrons. The first-order valence-corrected chi connectivity index (χ1v) is 7.11. The van der Waals surface area contributed by atoms with E-state index in [1.54, 1.807) is 0 Å². The van der Waals surface area contributed by atoms with Crippen LogP contribution in [0.3, 0.4) is 0 Å². The lowest BCUT2D eigenvalue weighted by molar-refractivity contribution is -0.131. The highest BCUT2D eigenvalue weighted by molar-refractivity contribution is 5.75. The molecule has 0 saturated carbocycles. The van der Waals surface area contributed by atoms with Crippen molar-refractivity contribution in [3.8, 4) is 0 Å². The van der Waals surface area contributed by atoms with Crippen LogP contribution < -0.4 is 0 Å². The lowest BCUT2D eigenvalue weighted by Crippen LogP contribution is -2.37. The second-order valence-corrected chi connectivity index (χ2v) is 5.11. The van der Waals surface area contributed by atoms with E-state index in [1.165, 1.54) is 11.1 Å². The summed E-state index contributed by atoms with van der Waals surface area (Å²) in [7, 11) is 0. The van der Waals surface area contributed by atoms with Gasteiger partial charge >= 0.3 is 0 Å². The van der Waals surface area contributed by atoms with Crippen LogP contribution in [0.1, 0.15) is 50.2 Å². The van der Waals surface area contributed by atoms with Crippen LogP contribution in [-0.2, 0) is 11.2 Å². The summed E-state index contributed by atoms with van der Waals surface area (Å²) in [6.07, 6.45) is 3.95. The number of hydrogen-bond donors (Lipinski definition) is 0. The molecule has 98 valence electrons. The molecule has 0 aromatic heterocycles. The fourth-order valence-electron chi connectivity index (χ4n) is 2.75. The van der Waals surface area contributed by atoms with Gasteiger partial charge in [-0.1, -0.05) is 38.1 Å². The third-order valence-corrected chi connectivity index (χ3v) is 3.98. The Labute approximate surface area is 110 Å². The molecule has 2 heteroatoms. The van der Waals surface area contributed by atoms with Crippen LogP contribution >= 0.6 is 0 Å². The number of aryl methyl sites for hydroxylation is 1. The molecule has 1 fully saturated rings. The van der Waals surface area contributed by atoms with Gasteiger partial charge < -0.3 is 4.90 Å². The topological polar surface area (TPSA) is 20.3 Å². The zero-order valence-corrected chi connectivity index (χ0v) is 11.5. The van der Waals surface area contributed by atoms with Gasteiger partial charge in [0.25, 0.3) is 0 Å². The van der Waals surface area contributed by atoms with Gasteiger partial charge in [-0.25, -0.2) is 0 Å². The molecular formula is C16H23NO. The van der Waals surface area contributed by atoms with Gasteiger partial charge in [-0.3, -0.25) is 4.79 Å². The number of piperidine rings is 1.